The lowest BCUT2D eigenvalue weighted by atomic mass is 9.98. The van der Waals surface area contributed by atoms with E-state index < -0.39 is 0 Å². The SMILES string of the molecule is Cc1cc2oc3ccc4oc5ccccc5c4c3c2c2ccccc12. The highest BCUT2D eigenvalue weighted by atomic mass is 16.3. The summed E-state index contributed by atoms with van der Waals surface area (Å²) in [5.41, 5.74) is 4.89. The van der Waals surface area contributed by atoms with E-state index in [9.17, 15) is 0 Å². The zero-order chi connectivity index (χ0) is 16.5. The summed E-state index contributed by atoms with van der Waals surface area (Å²) in [6.45, 7) is 2.14. The van der Waals surface area contributed by atoms with Crippen LogP contribution in [0.3, 0.4) is 0 Å². The molecule has 0 aliphatic rings. The highest BCUT2D eigenvalue weighted by Gasteiger charge is 2.18. The van der Waals surface area contributed by atoms with Gasteiger partial charge in [-0.1, -0.05) is 42.5 Å². The first kappa shape index (κ1) is 13.1. The number of furan rings is 2. The van der Waals surface area contributed by atoms with Crippen molar-refractivity contribution < 1.29 is 8.83 Å². The molecule has 6 rings (SSSR count). The van der Waals surface area contributed by atoms with Crippen molar-refractivity contribution in [3.8, 4) is 0 Å². The highest BCUT2D eigenvalue weighted by Crippen LogP contribution is 2.42. The molecule has 0 radical (unpaired) electrons. The molecular formula is C23H14O2. The topological polar surface area (TPSA) is 26.3 Å². The molecule has 0 saturated heterocycles. The lowest BCUT2D eigenvalue weighted by Crippen LogP contribution is -1.79. The largest absolute Gasteiger partial charge is 0.456 e. The molecule has 0 aliphatic carbocycles. The van der Waals surface area contributed by atoms with Crippen molar-refractivity contribution in [2.75, 3.05) is 0 Å². The van der Waals surface area contributed by atoms with Gasteiger partial charge in [0.2, 0.25) is 0 Å². The van der Waals surface area contributed by atoms with E-state index in [0.29, 0.717) is 0 Å². The minimum absolute atomic E-state index is 0.904. The van der Waals surface area contributed by atoms with Crippen molar-refractivity contribution in [1.29, 1.82) is 0 Å². The summed E-state index contributed by atoms with van der Waals surface area (Å²) in [7, 11) is 0. The van der Waals surface area contributed by atoms with Crippen LogP contribution in [-0.2, 0) is 0 Å². The Morgan fingerprint density at radius 2 is 1.12 bits per heavy atom. The molecule has 2 heterocycles. The molecule has 2 aromatic heterocycles. The summed E-state index contributed by atoms with van der Waals surface area (Å²) in [6, 6.07) is 22.9. The van der Waals surface area contributed by atoms with Crippen LogP contribution in [0.2, 0.25) is 0 Å². The summed E-state index contributed by atoms with van der Waals surface area (Å²) in [5, 5.41) is 7.09. The van der Waals surface area contributed by atoms with E-state index in [1.165, 1.54) is 21.7 Å². The molecular weight excluding hydrogens is 308 g/mol. The van der Waals surface area contributed by atoms with Gasteiger partial charge in [0, 0.05) is 21.5 Å². The second-order valence-electron chi connectivity index (χ2n) is 6.62. The highest BCUT2D eigenvalue weighted by molar-refractivity contribution is 6.30. The Morgan fingerprint density at radius 3 is 1.96 bits per heavy atom. The lowest BCUT2D eigenvalue weighted by molar-refractivity contribution is 0.663. The van der Waals surface area contributed by atoms with Gasteiger partial charge in [0.05, 0.1) is 0 Å². The maximum absolute atomic E-state index is 6.23. The minimum Gasteiger partial charge on any atom is -0.456 e. The fraction of sp³-hybridized carbons (Fsp3) is 0.0435. The first-order chi connectivity index (χ1) is 12.3. The van der Waals surface area contributed by atoms with Gasteiger partial charge in [-0.2, -0.15) is 0 Å². The molecule has 118 valence electrons. The fourth-order valence-electron chi connectivity index (χ4n) is 4.11. The Balaban J connectivity index is 2.01. The average Bonchev–Trinajstić information content (AvgIpc) is 3.19. The van der Waals surface area contributed by atoms with E-state index in [-0.39, 0.29) is 0 Å². The Bertz CT molecular complexity index is 1450. The monoisotopic (exact) mass is 322 g/mol. The number of benzene rings is 4. The number of rotatable bonds is 0. The summed E-state index contributed by atoms with van der Waals surface area (Å²) >= 11 is 0. The second kappa shape index (κ2) is 4.42. The normalized spacial score (nSPS) is 12.2. The third-order valence-electron chi connectivity index (χ3n) is 5.19. The van der Waals surface area contributed by atoms with Crippen LogP contribution in [0.4, 0.5) is 0 Å². The van der Waals surface area contributed by atoms with E-state index in [0.717, 1.165) is 38.5 Å². The Labute approximate surface area is 143 Å². The first-order valence-electron chi connectivity index (χ1n) is 8.46. The lowest BCUT2D eigenvalue weighted by Gasteiger charge is -2.03. The quantitative estimate of drug-likeness (QED) is 0.302. The van der Waals surface area contributed by atoms with Gasteiger partial charge in [-0.25, -0.2) is 0 Å². The van der Waals surface area contributed by atoms with Crippen LogP contribution in [0, 0.1) is 6.92 Å². The van der Waals surface area contributed by atoms with Gasteiger partial charge in [-0.05, 0) is 47.5 Å². The molecule has 25 heavy (non-hydrogen) atoms. The van der Waals surface area contributed by atoms with Gasteiger partial charge in [0.25, 0.3) is 0 Å². The van der Waals surface area contributed by atoms with E-state index in [1.54, 1.807) is 0 Å². The van der Waals surface area contributed by atoms with Gasteiger partial charge in [-0.15, -0.1) is 0 Å². The van der Waals surface area contributed by atoms with Crippen molar-refractivity contribution >= 4 is 54.6 Å². The van der Waals surface area contributed by atoms with Crippen LogP contribution < -0.4 is 0 Å². The molecule has 0 N–H and O–H groups in total. The molecule has 2 nitrogen and oxygen atoms in total. The first-order valence-corrected chi connectivity index (χ1v) is 8.46. The van der Waals surface area contributed by atoms with E-state index in [1.807, 2.05) is 24.3 Å². The van der Waals surface area contributed by atoms with Gasteiger partial charge in [0.15, 0.2) is 0 Å². The van der Waals surface area contributed by atoms with Crippen LogP contribution in [0.1, 0.15) is 5.56 Å². The smallest absolute Gasteiger partial charge is 0.136 e. The van der Waals surface area contributed by atoms with Gasteiger partial charge in [0.1, 0.15) is 22.3 Å². The molecule has 0 unspecified atom stereocenters. The van der Waals surface area contributed by atoms with Crippen LogP contribution in [-0.4, -0.2) is 0 Å². The van der Waals surface area contributed by atoms with Gasteiger partial charge >= 0.3 is 0 Å². The van der Waals surface area contributed by atoms with Crippen LogP contribution in [0.25, 0.3) is 54.6 Å². The van der Waals surface area contributed by atoms with Gasteiger partial charge < -0.3 is 8.83 Å². The van der Waals surface area contributed by atoms with E-state index in [4.69, 9.17) is 8.83 Å². The van der Waals surface area contributed by atoms with Crippen molar-refractivity contribution in [1.82, 2.24) is 0 Å². The number of hydrogen-bond donors (Lipinski definition) is 0. The molecule has 0 atom stereocenters. The molecule has 6 aromatic rings. The maximum Gasteiger partial charge on any atom is 0.136 e. The summed E-state index contributed by atoms with van der Waals surface area (Å²) in [4.78, 5) is 0. The third kappa shape index (κ3) is 1.59. The Kier molecular flexibility index (Phi) is 2.31. The average molecular weight is 322 g/mol. The standard InChI is InChI=1S/C23H14O2/c1-13-12-20-21(15-7-3-2-6-14(13)15)23-19(25-20)11-10-18-22(23)16-8-4-5-9-17(16)24-18/h2-12H,1H3. The van der Waals surface area contributed by atoms with Crippen LogP contribution in [0.5, 0.6) is 0 Å². The Morgan fingerprint density at radius 1 is 0.520 bits per heavy atom. The second-order valence-corrected chi connectivity index (χ2v) is 6.62. The predicted octanol–water partition coefficient (Wildman–Crippen LogP) is 6.95. The number of aryl methyl sites for hydroxylation is 1. The van der Waals surface area contributed by atoms with Crippen molar-refractivity contribution in [3.63, 3.8) is 0 Å². The summed E-state index contributed by atoms with van der Waals surface area (Å²) in [5.74, 6) is 0. The predicted molar refractivity (Wildman–Crippen MR) is 103 cm³/mol. The molecule has 0 amide bonds. The van der Waals surface area contributed by atoms with E-state index in [2.05, 4.69) is 49.4 Å². The molecule has 4 aromatic carbocycles. The minimum atomic E-state index is 0.904. The maximum atomic E-state index is 6.23. The molecule has 0 aliphatic heterocycles. The van der Waals surface area contributed by atoms with Gasteiger partial charge in [-0.3, -0.25) is 0 Å². The molecule has 0 saturated carbocycles. The van der Waals surface area contributed by atoms with E-state index >= 15 is 0 Å². The van der Waals surface area contributed by atoms with Crippen LogP contribution in [0.15, 0.2) is 75.6 Å². The molecule has 0 spiro atoms. The zero-order valence-corrected chi connectivity index (χ0v) is 13.7. The van der Waals surface area contributed by atoms with Crippen LogP contribution >= 0.6 is 0 Å². The zero-order valence-electron chi connectivity index (χ0n) is 13.7. The molecule has 0 bridgehead atoms. The third-order valence-corrected chi connectivity index (χ3v) is 5.19. The van der Waals surface area contributed by atoms with Crippen molar-refractivity contribution in [2.24, 2.45) is 0 Å². The molecule has 2 heteroatoms. The fourth-order valence-corrected chi connectivity index (χ4v) is 4.11. The van der Waals surface area contributed by atoms with Crippen molar-refractivity contribution in [2.45, 2.75) is 6.92 Å². The molecule has 0 fully saturated rings. The number of fused-ring (bicyclic) bond motifs is 9. The Hall–Kier alpha value is -3.26. The summed E-state index contributed by atoms with van der Waals surface area (Å²) < 4.78 is 12.3. The van der Waals surface area contributed by atoms with Crippen molar-refractivity contribution in [3.05, 3.63) is 72.3 Å². The number of hydrogen-bond acceptors (Lipinski definition) is 2. The number of para-hydroxylation sites is 1. The summed E-state index contributed by atoms with van der Waals surface area (Å²) in [6.07, 6.45) is 0.